The fourth-order valence-corrected chi connectivity index (χ4v) is 3.96. The van der Waals surface area contributed by atoms with Crippen LogP contribution in [-0.4, -0.2) is 31.1 Å². The number of primary amides is 1. The van der Waals surface area contributed by atoms with Gasteiger partial charge in [0.25, 0.3) is 0 Å². The maximum absolute atomic E-state index is 11.3. The third-order valence-electron chi connectivity index (χ3n) is 5.38. The highest BCUT2D eigenvalue weighted by molar-refractivity contribution is 5.87. The Morgan fingerprint density at radius 1 is 1.14 bits per heavy atom. The number of carbonyl (C=O) groups is 1. The molecule has 0 bridgehead atoms. The number of hydrogen-bond acceptors (Lipinski definition) is 4. The summed E-state index contributed by atoms with van der Waals surface area (Å²) in [6.07, 6.45) is 2.67. The second kappa shape index (κ2) is 7.50. The summed E-state index contributed by atoms with van der Waals surface area (Å²) in [5, 5.41) is 1.08. The highest BCUT2D eigenvalue weighted by Gasteiger charge is 2.17. The van der Waals surface area contributed by atoms with Crippen LogP contribution >= 0.6 is 0 Å². The molecule has 1 aliphatic heterocycles. The molecule has 0 atom stereocenters. The molecule has 5 nitrogen and oxygen atoms in total. The van der Waals surface area contributed by atoms with Gasteiger partial charge in [-0.2, -0.15) is 0 Å². The van der Waals surface area contributed by atoms with E-state index in [1.165, 1.54) is 12.8 Å². The zero-order valence-corrected chi connectivity index (χ0v) is 16.4. The van der Waals surface area contributed by atoms with Gasteiger partial charge in [0, 0.05) is 24.0 Å². The third kappa shape index (κ3) is 3.52. The van der Waals surface area contributed by atoms with Crippen molar-refractivity contribution >= 4 is 22.5 Å². The van der Waals surface area contributed by atoms with Crippen LogP contribution in [0, 0.1) is 6.92 Å². The van der Waals surface area contributed by atoms with Crippen molar-refractivity contribution in [3.63, 3.8) is 0 Å². The molecule has 28 heavy (non-hydrogen) atoms. The van der Waals surface area contributed by atoms with Crippen molar-refractivity contribution in [2.45, 2.75) is 26.2 Å². The lowest BCUT2D eigenvalue weighted by Gasteiger charge is -2.21. The van der Waals surface area contributed by atoms with Gasteiger partial charge in [-0.25, -0.2) is 4.98 Å². The molecule has 144 valence electrons. The van der Waals surface area contributed by atoms with E-state index in [-0.39, 0.29) is 12.3 Å². The quantitative estimate of drug-likeness (QED) is 0.735. The topological polar surface area (TPSA) is 68.5 Å². The molecule has 1 aliphatic rings. The minimum absolute atomic E-state index is 0.221. The first-order valence-corrected chi connectivity index (χ1v) is 9.67. The Hall–Kier alpha value is -3.08. The summed E-state index contributed by atoms with van der Waals surface area (Å²) < 4.78 is 5.68. The Bertz CT molecular complexity index is 1040. The lowest BCUT2D eigenvalue weighted by Crippen LogP contribution is -2.18. The lowest BCUT2D eigenvalue weighted by molar-refractivity contribution is -0.117. The van der Waals surface area contributed by atoms with Gasteiger partial charge in [0.15, 0.2) is 0 Å². The summed E-state index contributed by atoms with van der Waals surface area (Å²) in [6, 6.07) is 14.3. The number of ether oxygens (including phenoxy) is 1. The molecule has 4 rings (SSSR count). The Morgan fingerprint density at radius 3 is 2.64 bits per heavy atom. The molecule has 2 aromatic carbocycles. The first-order valence-electron chi connectivity index (χ1n) is 9.67. The number of hydrogen-bond donors (Lipinski definition) is 1. The number of pyridine rings is 1. The molecular weight excluding hydrogens is 350 g/mol. The first kappa shape index (κ1) is 18.3. The number of amides is 1. The molecule has 0 aliphatic carbocycles. The molecule has 2 N–H and O–H groups in total. The number of methoxy groups -OCH3 is 1. The minimum Gasteiger partial charge on any atom is -0.495 e. The Labute approximate surface area is 165 Å². The number of anilines is 1. The van der Waals surface area contributed by atoms with E-state index in [4.69, 9.17) is 15.5 Å². The molecule has 0 radical (unpaired) electrons. The van der Waals surface area contributed by atoms with Gasteiger partial charge in [-0.05, 0) is 55.2 Å². The fourth-order valence-electron chi connectivity index (χ4n) is 3.96. The van der Waals surface area contributed by atoms with Crippen molar-refractivity contribution in [1.29, 1.82) is 0 Å². The van der Waals surface area contributed by atoms with Gasteiger partial charge in [-0.15, -0.1) is 0 Å². The molecule has 1 fully saturated rings. The van der Waals surface area contributed by atoms with E-state index in [2.05, 4.69) is 36.1 Å². The average Bonchev–Trinajstić information content (AvgIpc) is 3.21. The summed E-state index contributed by atoms with van der Waals surface area (Å²) in [5.41, 5.74) is 11.3. The molecule has 0 unspecified atom stereocenters. The smallest absolute Gasteiger partial charge is 0.221 e. The molecule has 5 heteroatoms. The highest BCUT2D eigenvalue weighted by atomic mass is 16.5. The maximum Gasteiger partial charge on any atom is 0.221 e. The van der Waals surface area contributed by atoms with E-state index in [0.29, 0.717) is 0 Å². The summed E-state index contributed by atoms with van der Waals surface area (Å²) >= 11 is 0. The van der Waals surface area contributed by atoms with Crippen molar-refractivity contribution in [1.82, 2.24) is 4.98 Å². The van der Waals surface area contributed by atoms with E-state index >= 15 is 0 Å². The highest BCUT2D eigenvalue weighted by Crippen LogP contribution is 2.35. The molecule has 0 spiro atoms. The van der Waals surface area contributed by atoms with Crippen molar-refractivity contribution in [2.24, 2.45) is 5.73 Å². The lowest BCUT2D eigenvalue weighted by atomic mass is 10.0. The van der Waals surface area contributed by atoms with Crippen LogP contribution < -0.4 is 15.4 Å². The van der Waals surface area contributed by atoms with E-state index < -0.39 is 0 Å². The number of aryl methyl sites for hydroxylation is 1. The normalized spacial score (nSPS) is 13.9. The van der Waals surface area contributed by atoms with Gasteiger partial charge in [0.2, 0.25) is 5.91 Å². The van der Waals surface area contributed by atoms with Crippen LogP contribution in [0.4, 0.5) is 5.69 Å². The number of aromatic nitrogens is 1. The van der Waals surface area contributed by atoms with Gasteiger partial charge in [0.1, 0.15) is 5.75 Å². The predicted molar refractivity (Wildman–Crippen MR) is 113 cm³/mol. The minimum atomic E-state index is -0.338. The van der Waals surface area contributed by atoms with Crippen LogP contribution in [0.15, 0.2) is 42.5 Å². The predicted octanol–water partition coefficient (Wildman–Crippen LogP) is 3.85. The van der Waals surface area contributed by atoms with Crippen LogP contribution in [0.3, 0.4) is 0 Å². The Balaban J connectivity index is 1.76. The van der Waals surface area contributed by atoms with Gasteiger partial charge in [-0.3, -0.25) is 4.79 Å². The van der Waals surface area contributed by atoms with Gasteiger partial charge in [-0.1, -0.05) is 18.2 Å². The molecule has 1 aromatic heterocycles. The van der Waals surface area contributed by atoms with E-state index in [9.17, 15) is 4.79 Å². The molecule has 1 saturated heterocycles. The molecular formula is C23H25N3O2. The zero-order valence-electron chi connectivity index (χ0n) is 16.4. The SMILES string of the molecule is COc1cc(-c2cc(C)c3ccc(CC(N)=O)cc3n2)ccc1N1CCCC1. The monoisotopic (exact) mass is 375 g/mol. The Kier molecular flexibility index (Phi) is 4.90. The average molecular weight is 375 g/mol. The molecule has 2 heterocycles. The summed E-state index contributed by atoms with van der Waals surface area (Å²) in [6.45, 7) is 4.23. The van der Waals surface area contributed by atoms with E-state index in [1.807, 2.05) is 18.2 Å². The maximum atomic E-state index is 11.3. The third-order valence-corrected chi connectivity index (χ3v) is 5.38. The van der Waals surface area contributed by atoms with Crippen molar-refractivity contribution in [2.75, 3.05) is 25.1 Å². The fraction of sp³-hybridized carbons (Fsp3) is 0.304. The van der Waals surface area contributed by atoms with Crippen molar-refractivity contribution in [3.8, 4) is 17.0 Å². The summed E-state index contributed by atoms with van der Waals surface area (Å²) in [5.74, 6) is 0.538. The Morgan fingerprint density at radius 2 is 1.93 bits per heavy atom. The standard InChI is InChI=1S/C23H25N3O2/c1-15-11-19(25-20-12-16(13-23(24)27)5-7-18(15)20)17-6-8-21(22(14-17)28-2)26-9-3-4-10-26/h5-8,11-12,14H,3-4,9-10,13H2,1-2H3,(H2,24,27). The second-order valence-corrected chi connectivity index (χ2v) is 7.40. The van der Waals surface area contributed by atoms with Crippen LogP contribution in [0.25, 0.3) is 22.2 Å². The number of nitrogens with two attached hydrogens (primary N) is 1. The largest absolute Gasteiger partial charge is 0.495 e. The van der Waals surface area contributed by atoms with Crippen LogP contribution in [0.2, 0.25) is 0 Å². The number of benzene rings is 2. The molecule has 1 amide bonds. The van der Waals surface area contributed by atoms with Gasteiger partial charge in [0.05, 0.1) is 30.4 Å². The zero-order chi connectivity index (χ0) is 19.7. The van der Waals surface area contributed by atoms with Gasteiger partial charge < -0.3 is 15.4 Å². The van der Waals surface area contributed by atoms with Crippen LogP contribution in [0.5, 0.6) is 5.75 Å². The summed E-state index contributed by atoms with van der Waals surface area (Å²) in [7, 11) is 1.72. The van der Waals surface area contributed by atoms with E-state index in [1.54, 1.807) is 7.11 Å². The number of carbonyl (C=O) groups excluding carboxylic acids is 1. The molecule has 3 aromatic rings. The van der Waals surface area contributed by atoms with Crippen LogP contribution in [0.1, 0.15) is 24.0 Å². The number of nitrogens with zero attached hydrogens (tertiary/aromatic N) is 2. The first-order chi connectivity index (χ1) is 13.5. The summed E-state index contributed by atoms with van der Waals surface area (Å²) in [4.78, 5) is 18.5. The van der Waals surface area contributed by atoms with Gasteiger partial charge >= 0.3 is 0 Å². The molecule has 0 saturated carbocycles. The van der Waals surface area contributed by atoms with E-state index in [0.717, 1.165) is 57.8 Å². The van der Waals surface area contributed by atoms with Crippen molar-refractivity contribution in [3.05, 3.63) is 53.6 Å². The van der Waals surface area contributed by atoms with Crippen LogP contribution in [-0.2, 0) is 11.2 Å². The number of fused-ring (bicyclic) bond motifs is 1. The number of rotatable bonds is 5. The van der Waals surface area contributed by atoms with Crippen molar-refractivity contribution < 1.29 is 9.53 Å². The second-order valence-electron chi connectivity index (χ2n) is 7.40.